The van der Waals surface area contributed by atoms with Crippen molar-refractivity contribution in [2.75, 3.05) is 36.5 Å². The fraction of sp³-hybridized carbons (Fsp3) is 0.440. The van der Waals surface area contributed by atoms with Crippen molar-refractivity contribution in [3.8, 4) is 0 Å². The average Bonchev–Trinajstić information content (AvgIpc) is 2.88. The number of halogens is 3. The summed E-state index contributed by atoms with van der Waals surface area (Å²) in [5.41, 5.74) is -1.31. The Kier molecular flexibility index (Phi) is 7.96. The van der Waals surface area contributed by atoms with Crippen LogP contribution in [0.15, 0.2) is 48.5 Å². The fourth-order valence-electron chi connectivity index (χ4n) is 4.67. The quantitative estimate of drug-likeness (QED) is 0.433. The largest absolute Gasteiger partial charge is 0.423 e. The molecule has 0 unspecified atom stereocenters. The third-order valence-electron chi connectivity index (χ3n) is 6.63. The molecule has 2 aliphatic rings. The van der Waals surface area contributed by atoms with E-state index in [9.17, 15) is 32.9 Å². The van der Waals surface area contributed by atoms with Gasteiger partial charge in [-0.15, -0.1) is 0 Å². The Morgan fingerprint density at radius 1 is 1.08 bits per heavy atom. The average molecular weight is 521 g/mol. The summed E-state index contributed by atoms with van der Waals surface area (Å²) in [5, 5.41) is 14.0. The van der Waals surface area contributed by atoms with Gasteiger partial charge in [0.05, 0.1) is 11.0 Å². The number of nitrogens with one attached hydrogen (secondary N) is 1. The number of nitro groups is 1. The molecule has 0 radical (unpaired) electrons. The standard InChI is InChI=1S/C25H27F3N4O5/c26-25(27,28)21-14-18(8-11-22(21)32(35)36)29-17-6-9-20(10-7-17)37-16-24(34)30-12-13-31(23(33)15-30)19-4-2-1-3-5-19/h1-5,8,11,14,17,20,29H,6-7,9-10,12-13,15-16H2. The van der Waals surface area contributed by atoms with Crippen LogP contribution in [0.1, 0.15) is 31.2 Å². The number of nitrogens with zero attached hydrogens (tertiary/aromatic N) is 3. The minimum Gasteiger partial charge on any atom is -0.382 e. The lowest BCUT2D eigenvalue weighted by molar-refractivity contribution is -0.388. The Bertz CT molecular complexity index is 1140. The molecule has 2 aromatic rings. The van der Waals surface area contributed by atoms with Crippen LogP contribution in [0.5, 0.6) is 0 Å². The predicted molar refractivity (Wildman–Crippen MR) is 129 cm³/mol. The summed E-state index contributed by atoms with van der Waals surface area (Å²) < 4.78 is 45.4. The van der Waals surface area contributed by atoms with Gasteiger partial charge >= 0.3 is 6.18 Å². The van der Waals surface area contributed by atoms with Crippen molar-refractivity contribution in [2.24, 2.45) is 0 Å². The SMILES string of the molecule is O=C(COC1CCC(Nc2ccc([N+](=O)[O-])c(C(F)(F)F)c2)CC1)N1CCN(c2ccccc2)C(=O)C1. The maximum Gasteiger partial charge on any atom is 0.423 e. The second kappa shape index (κ2) is 11.2. The Labute approximate surface area is 211 Å². The maximum absolute atomic E-state index is 13.2. The summed E-state index contributed by atoms with van der Waals surface area (Å²) in [7, 11) is 0. The molecule has 1 saturated heterocycles. The van der Waals surface area contributed by atoms with E-state index in [1.807, 2.05) is 30.3 Å². The minimum absolute atomic E-state index is 0.0110. The van der Waals surface area contributed by atoms with E-state index in [0.29, 0.717) is 38.8 Å². The van der Waals surface area contributed by atoms with Crippen LogP contribution < -0.4 is 10.2 Å². The first-order chi connectivity index (χ1) is 17.6. The molecule has 0 spiro atoms. The van der Waals surface area contributed by atoms with Crippen molar-refractivity contribution in [1.29, 1.82) is 0 Å². The number of piperazine rings is 1. The van der Waals surface area contributed by atoms with E-state index in [-0.39, 0.29) is 42.8 Å². The van der Waals surface area contributed by atoms with Gasteiger partial charge in [-0.25, -0.2) is 0 Å². The van der Waals surface area contributed by atoms with Gasteiger partial charge in [-0.2, -0.15) is 13.2 Å². The van der Waals surface area contributed by atoms with Crippen molar-refractivity contribution in [1.82, 2.24) is 4.90 Å². The van der Waals surface area contributed by atoms with Crippen LogP contribution in [0.4, 0.5) is 30.2 Å². The first kappa shape index (κ1) is 26.4. The molecular weight excluding hydrogens is 493 g/mol. The molecule has 0 aromatic heterocycles. The van der Waals surface area contributed by atoms with Gasteiger partial charge in [0.15, 0.2) is 0 Å². The van der Waals surface area contributed by atoms with Crippen LogP contribution in [0.25, 0.3) is 0 Å². The lowest BCUT2D eigenvalue weighted by atomic mass is 9.92. The number of rotatable bonds is 7. The number of amides is 2. The number of hydrogen-bond donors (Lipinski definition) is 1. The summed E-state index contributed by atoms with van der Waals surface area (Å²) in [6.45, 7) is 0.667. The number of alkyl halides is 3. The number of carbonyl (C=O) groups is 2. The first-order valence-corrected chi connectivity index (χ1v) is 12.0. The topological polar surface area (TPSA) is 105 Å². The highest BCUT2D eigenvalue weighted by molar-refractivity contribution is 5.98. The lowest BCUT2D eigenvalue weighted by Crippen LogP contribution is -2.53. The summed E-state index contributed by atoms with van der Waals surface area (Å²) in [6.07, 6.45) is -2.60. The third kappa shape index (κ3) is 6.56. The zero-order valence-corrected chi connectivity index (χ0v) is 19.9. The van der Waals surface area contributed by atoms with E-state index in [4.69, 9.17) is 4.74 Å². The number of ether oxygens (including phenoxy) is 1. The molecule has 1 aliphatic heterocycles. The Hall–Kier alpha value is -3.67. The van der Waals surface area contributed by atoms with Crippen molar-refractivity contribution >= 4 is 28.9 Å². The Morgan fingerprint density at radius 2 is 1.78 bits per heavy atom. The molecule has 1 aliphatic carbocycles. The monoisotopic (exact) mass is 520 g/mol. The van der Waals surface area contributed by atoms with E-state index in [0.717, 1.165) is 17.8 Å². The first-order valence-electron chi connectivity index (χ1n) is 12.0. The van der Waals surface area contributed by atoms with Crippen LogP contribution >= 0.6 is 0 Å². The smallest absolute Gasteiger partial charge is 0.382 e. The molecule has 1 heterocycles. The molecule has 4 rings (SSSR count). The van der Waals surface area contributed by atoms with E-state index in [1.54, 1.807) is 4.90 Å². The summed E-state index contributed by atoms with van der Waals surface area (Å²) in [5.74, 6) is -0.413. The number of carbonyl (C=O) groups excluding carboxylic acids is 2. The predicted octanol–water partition coefficient (Wildman–Crippen LogP) is 4.23. The van der Waals surface area contributed by atoms with Crippen molar-refractivity contribution < 1.29 is 32.4 Å². The Balaban J connectivity index is 1.22. The van der Waals surface area contributed by atoms with Gasteiger partial charge in [-0.05, 0) is 49.9 Å². The summed E-state index contributed by atoms with van der Waals surface area (Å²) in [6, 6.07) is 12.0. The Morgan fingerprint density at radius 3 is 2.41 bits per heavy atom. The summed E-state index contributed by atoms with van der Waals surface area (Å²) in [4.78, 5) is 38.1. The molecule has 2 amide bonds. The lowest BCUT2D eigenvalue weighted by Gasteiger charge is -2.35. The molecule has 12 heteroatoms. The van der Waals surface area contributed by atoms with E-state index < -0.39 is 22.4 Å². The number of benzene rings is 2. The molecule has 198 valence electrons. The van der Waals surface area contributed by atoms with Gasteiger partial charge < -0.3 is 19.9 Å². The van der Waals surface area contributed by atoms with Crippen LogP contribution in [0.2, 0.25) is 0 Å². The zero-order valence-electron chi connectivity index (χ0n) is 19.9. The molecular formula is C25H27F3N4O5. The highest BCUT2D eigenvalue weighted by atomic mass is 19.4. The molecule has 0 bridgehead atoms. The van der Waals surface area contributed by atoms with Gasteiger partial charge in [0.1, 0.15) is 18.7 Å². The van der Waals surface area contributed by atoms with Crippen LogP contribution in [0.3, 0.4) is 0 Å². The number of anilines is 2. The number of para-hydroxylation sites is 1. The van der Waals surface area contributed by atoms with Crippen LogP contribution in [-0.2, 0) is 20.5 Å². The van der Waals surface area contributed by atoms with Gasteiger partial charge in [0.2, 0.25) is 11.8 Å². The highest BCUT2D eigenvalue weighted by Gasteiger charge is 2.38. The molecule has 0 atom stereocenters. The number of hydrogen-bond acceptors (Lipinski definition) is 6. The summed E-state index contributed by atoms with van der Waals surface area (Å²) >= 11 is 0. The van der Waals surface area contributed by atoms with Gasteiger partial charge in [0.25, 0.3) is 5.69 Å². The molecule has 2 aromatic carbocycles. The third-order valence-corrected chi connectivity index (χ3v) is 6.63. The zero-order chi connectivity index (χ0) is 26.6. The molecule has 1 N–H and O–H groups in total. The normalized spacial score (nSPS) is 20.6. The van der Waals surface area contributed by atoms with Crippen molar-refractivity contribution in [2.45, 2.75) is 44.0 Å². The maximum atomic E-state index is 13.2. The van der Waals surface area contributed by atoms with Gasteiger partial charge in [-0.3, -0.25) is 19.7 Å². The molecule has 2 fully saturated rings. The second-order valence-corrected chi connectivity index (χ2v) is 9.11. The van der Waals surface area contributed by atoms with E-state index in [2.05, 4.69) is 5.32 Å². The highest BCUT2D eigenvalue weighted by Crippen LogP contribution is 2.38. The van der Waals surface area contributed by atoms with Crippen molar-refractivity contribution in [3.05, 3.63) is 64.2 Å². The van der Waals surface area contributed by atoms with E-state index in [1.165, 1.54) is 11.0 Å². The fourth-order valence-corrected chi connectivity index (χ4v) is 4.67. The van der Waals surface area contributed by atoms with Gasteiger partial charge in [0, 0.05) is 36.6 Å². The number of nitro benzene ring substituents is 1. The van der Waals surface area contributed by atoms with Crippen LogP contribution in [0, 0.1) is 10.1 Å². The molecule has 37 heavy (non-hydrogen) atoms. The van der Waals surface area contributed by atoms with Crippen molar-refractivity contribution in [3.63, 3.8) is 0 Å². The van der Waals surface area contributed by atoms with Gasteiger partial charge in [-0.1, -0.05) is 18.2 Å². The second-order valence-electron chi connectivity index (χ2n) is 9.11. The molecule has 9 nitrogen and oxygen atoms in total. The molecule has 1 saturated carbocycles. The minimum atomic E-state index is -4.84. The van der Waals surface area contributed by atoms with E-state index >= 15 is 0 Å². The van der Waals surface area contributed by atoms with Crippen LogP contribution in [-0.4, -0.2) is 60.0 Å².